The summed E-state index contributed by atoms with van der Waals surface area (Å²) in [7, 11) is 2.36. The molecule has 0 spiro atoms. The second kappa shape index (κ2) is 9.52. The van der Waals surface area contributed by atoms with E-state index in [1.807, 2.05) is 0 Å². The van der Waals surface area contributed by atoms with Gasteiger partial charge in [-0.1, -0.05) is 23.7 Å². The van der Waals surface area contributed by atoms with Crippen LogP contribution in [0.5, 0.6) is 0 Å². The van der Waals surface area contributed by atoms with Crippen LogP contribution in [0.15, 0.2) is 42.5 Å². The monoisotopic (exact) mass is 405 g/mol. The number of methoxy groups -OCH3 is 2. The zero-order chi connectivity index (χ0) is 20.7. The van der Waals surface area contributed by atoms with Crippen molar-refractivity contribution in [3.05, 3.63) is 64.2 Å². The SMILES string of the molecule is COC(=O)c1cc(NC(=O)COC(=O)c2ccccc2Cl)cc(C(=O)OC)c1. The molecule has 0 radical (unpaired) electrons. The lowest BCUT2D eigenvalue weighted by Gasteiger charge is -2.10. The van der Waals surface area contributed by atoms with Crippen molar-refractivity contribution in [2.45, 2.75) is 0 Å². The second-order valence-electron chi connectivity index (χ2n) is 5.39. The number of hydrogen-bond acceptors (Lipinski definition) is 7. The van der Waals surface area contributed by atoms with Gasteiger partial charge < -0.3 is 19.5 Å². The van der Waals surface area contributed by atoms with Crippen molar-refractivity contribution in [1.29, 1.82) is 0 Å². The minimum atomic E-state index is -0.765. The summed E-state index contributed by atoms with van der Waals surface area (Å²) in [5, 5.41) is 2.63. The molecule has 1 amide bonds. The first-order valence-corrected chi connectivity index (χ1v) is 8.26. The van der Waals surface area contributed by atoms with Gasteiger partial charge >= 0.3 is 17.9 Å². The smallest absolute Gasteiger partial charge is 0.340 e. The molecule has 0 saturated carbocycles. The fourth-order valence-corrected chi connectivity index (χ4v) is 2.42. The van der Waals surface area contributed by atoms with Gasteiger partial charge in [-0.25, -0.2) is 14.4 Å². The Kier molecular flexibility index (Phi) is 7.11. The largest absolute Gasteiger partial charge is 0.465 e. The normalized spacial score (nSPS) is 9.96. The standard InChI is InChI=1S/C19H16ClNO7/c1-26-17(23)11-7-12(18(24)27-2)9-13(8-11)21-16(22)10-28-19(25)14-5-3-4-6-15(14)20/h3-9H,10H2,1-2H3,(H,21,22). The van der Waals surface area contributed by atoms with Gasteiger partial charge in [-0.15, -0.1) is 0 Å². The van der Waals surface area contributed by atoms with Crippen molar-refractivity contribution < 1.29 is 33.4 Å². The van der Waals surface area contributed by atoms with Crippen LogP contribution in [0.3, 0.4) is 0 Å². The minimum absolute atomic E-state index is 0.0359. The van der Waals surface area contributed by atoms with E-state index in [0.717, 1.165) is 0 Å². The van der Waals surface area contributed by atoms with Crippen LogP contribution in [-0.2, 0) is 19.0 Å². The van der Waals surface area contributed by atoms with Gasteiger partial charge in [-0.2, -0.15) is 0 Å². The van der Waals surface area contributed by atoms with Crippen LogP contribution in [0, 0.1) is 0 Å². The van der Waals surface area contributed by atoms with Crippen molar-refractivity contribution in [2.75, 3.05) is 26.1 Å². The van der Waals surface area contributed by atoms with Gasteiger partial charge in [0.05, 0.1) is 35.9 Å². The maximum absolute atomic E-state index is 12.1. The van der Waals surface area contributed by atoms with Crippen LogP contribution >= 0.6 is 11.6 Å². The van der Waals surface area contributed by atoms with Crippen LogP contribution < -0.4 is 5.32 Å². The van der Waals surface area contributed by atoms with Gasteiger partial charge in [0.25, 0.3) is 5.91 Å². The molecular formula is C19H16ClNO7. The first kappa shape index (κ1) is 20.9. The van der Waals surface area contributed by atoms with Crippen molar-refractivity contribution in [1.82, 2.24) is 0 Å². The maximum atomic E-state index is 12.1. The van der Waals surface area contributed by atoms with E-state index in [4.69, 9.17) is 16.3 Å². The molecule has 2 rings (SSSR count). The molecule has 0 fully saturated rings. The summed E-state index contributed by atoms with van der Waals surface area (Å²) in [6.45, 7) is -0.597. The molecule has 0 atom stereocenters. The molecule has 0 aromatic heterocycles. The summed E-state index contributed by atoms with van der Waals surface area (Å²) in [5.74, 6) is -2.85. The molecule has 0 heterocycles. The summed E-state index contributed by atoms with van der Waals surface area (Å²) in [6, 6.07) is 10.1. The third-order valence-corrected chi connectivity index (χ3v) is 3.82. The van der Waals surface area contributed by atoms with Crippen LogP contribution in [0.2, 0.25) is 5.02 Å². The number of nitrogens with one attached hydrogen (secondary N) is 1. The van der Waals surface area contributed by atoms with Crippen LogP contribution in [0.25, 0.3) is 0 Å². The second-order valence-corrected chi connectivity index (χ2v) is 5.79. The predicted molar refractivity (Wildman–Crippen MR) is 99.5 cm³/mol. The van der Waals surface area contributed by atoms with Crippen molar-refractivity contribution in [3.8, 4) is 0 Å². The van der Waals surface area contributed by atoms with E-state index >= 15 is 0 Å². The Balaban J connectivity index is 2.10. The quantitative estimate of drug-likeness (QED) is 0.581. The Morgan fingerprint density at radius 2 is 1.46 bits per heavy atom. The lowest BCUT2D eigenvalue weighted by Crippen LogP contribution is -2.21. The Hall–Kier alpha value is -3.39. The molecule has 8 nitrogen and oxygen atoms in total. The Morgan fingerprint density at radius 3 is 2.00 bits per heavy atom. The lowest BCUT2D eigenvalue weighted by molar-refractivity contribution is -0.119. The summed E-state index contributed by atoms with van der Waals surface area (Å²) >= 11 is 5.90. The number of rotatable bonds is 6. The molecule has 2 aromatic carbocycles. The maximum Gasteiger partial charge on any atom is 0.340 e. The predicted octanol–water partition coefficient (Wildman–Crippen LogP) is 2.71. The fraction of sp³-hybridized carbons (Fsp3) is 0.158. The molecular weight excluding hydrogens is 390 g/mol. The molecule has 0 saturated heterocycles. The van der Waals surface area contributed by atoms with Gasteiger partial charge in [0, 0.05) is 5.69 Å². The Labute approximate surface area is 165 Å². The summed E-state index contributed by atoms with van der Waals surface area (Å²) < 4.78 is 14.2. The summed E-state index contributed by atoms with van der Waals surface area (Å²) in [6.07, 6.45) is 0. The van der Waals surface area contributed by atoms with E-state index in [9.17, 15) is 19.2 Å². The molecule has 146 valence electrons. The number of hydrogen-bond donors (Lipinski definition) is 1. The minimum Gasteiger partial charge on any atom is -0.465 e. The third kappa shape index (κ3) is 5.31. The van der Waals surface area contributed by atoms with E-state index in [0.29, 0.717) is 0 Å². The molecule has 2 aromatic rings. The molecule has 0 unspecified atom stereocenters. The van der Waals surface area contributed by atoms with Crippen molar-refractivity contribution in [2.24, 2.45) is 0 Å². The highest BCUT2D eigenvalue weighted by Gasteiger charge is 2.16. The molecule has 9 heteroatoms. The number of carbonyl (C=O) groups is 4. The zero-order valence-corrected chi connectivity index (χ0v) is 15.7. The molecule has 0 bridgehead atoms. The lowest BCUT2D eigenvalue weighted by atomic mass is 10.1. The van der Waals surface area contributed by atoms with Crippen molar-refractivity contribution >= 4 is 41.1 Å². The van der Waals surface area contributed by atoms with E-state index in [2.05, 4.69) is 14.8 Å². The Morgan fingerprint density at radius 1 is 0.893 bits per heavy atom. The number of halogens is 1. The number of anilines is 1. The van der Waals surface area contributed by atoms with Crippen LogP contribution in [0.1, 0.15) is 31.1 Å². The van der Waals surface area contributed by atoms with Crippen LogP contribution in [-0.4, -0.2) is 44.6 Å². The van der Waals surface area contributed by atoms with Gasteiger partial charge in [-0.3, -0.25) is 4.79 Å². The number of amides is 1. The average molecular weight is 406 g/mol. The summed E-state index contributed by atoms with van der Waals surface area (Å²) in [4.78, 5) is 47.6. The average Bonchev–Trinajstić information content (AvgIpc) is 2.70. The van der Waals surface area contributed by atoms with E-state index < -0.39 is 30.4 Å². The molecule has 0 aliphatic rings. The molecule has 0 aliphatic heterocycles. The van der Waals surface area contributed by atoms with Gasteiger partial charge in [0.2, 0.25) is 0 Å². The highest BCUT2D eigenvalue weighted by molar-refractivity contribution is 6.33. The topological polar surface area (TPSA) is 108 Å². The van der Waals surface area contributed by atoms with E-state index in [-0.39, 0.29) is 27.4 Å². The number of ether oxygens (including phenoxy) is 3. The first-order valence-electron chi connectivity index (χ1n) is 7.89. The fourth-order valence-electron chi connectivity index (χ4n) is 2.20. The highest BCUT2D eigenvalue weighted by atomic mass is 35.5. The highest BCUT2D eigenvalue weighted by Crippen LogP contribution is 2.18. The third-order valence-electron chi connectivity index (χ3n) is 3.49. The first-order chi connectivity index (χ1) is 13.3. The molecule has 1 N–H and O–H groups in total. The number of esters is 3. The van der Waals surface area contributed by atoms with E-state index in [1.54, 1.807) is 12.1 Å². The number of carbonyl (C=O) groups excluding carboxylic acids is 4. The van der Waals surface area contributed by atoms with Gasteiger partial charge in [-0.05, 0) is 30.3 Å². The number of benzene rings is 2. The molecule has 0 aliphatic carbocycles. The van der Waals surface area contributed by atoms with Gasteiger partial charge in [0.1, 0.15) is 0 Å². The summed E-state index contributed by atoms with van der Waals surface area (Å²) in [5.41, 5.74) is 0.322. The van der Waals surface area contributed by atoms with Crippen LogP contribution in [0.4, 0.5) is 5.69 Å². The zero-order valence-electron chi connectivity index (χ0n) is 15.0. The van der Waals surface area contributed by atoms with Gasteiger partial charge in [0.15, 0.2) is 6.61 Å². The van der Waals surface area contributed by atoms with E-state index in [1.165, 1.54) is 44.6 Å². The molecule has 28 heavy (non-hydrogen) atoms. The van der Waals surface area contributed by atoms with Crippen molar-refractivity contribution in [3.63, 3.8) is 0 Å². The Bertz CT molecular complexity index is 892.